The average molecular weight is 348 g/mol. The highest BCUT2D eigenvalue weighted by molar-refractivity contribution is 9.10. The van der Waals surface area contributed by atoms with Crippen molar-refractivity contribution < 1.29 is 8.42 Å². The van der Waals surface area contributed by atoms with Crippen LogP contribution in [0.4, 0.5) is 0 Å². The van der Waals surface area contributed by atoms with E-state index in [2.05, 4.69) is 20.9 Å². The van der Waals surface area contributed by atoms with Gasteiger partial charge in [-0.05, 0) is 41.8 Å². The maximum Gasteiger partial charge on any atom is 0.244 e. The molecule has 2 heterocycles. The Bertz CT molecular complexity index is 548. The van der Waals surface area contributed by atoms with E-state index in [0.29, 0.717) is 11.0 Å². The molecule has 0 saturated carbocycles. The summed E-state index contributed by atoms with van der Waals surface area (Å²) in [5.74, 6) is 0. The van der Waals surface area contributed by atoms with E-state index in [1.165, 1.54) is 10.5 Å². The largest absolute Gasteiger partial charge is 0.326 e. The molecule has 0 amide bonds. The number of nitrogens with zero attached hydrogens (tertiary/aromatic N) is 2. The second-order valence-corrected chi connectivity index (χ2v) is 7.68. The van der Waals surface area contributed by atoms with Crippen molar-refractivity contribution in [3.63, 3.8) is 0 Å². The first-order chi connectivity index (χ1) is 8.93. The molecule has 0 aromatic carbocycles. The number of hydrogen-bond acceptors (Lipinski definition) is 4. The second-order valence-electron chi connectivity index (χ2n) is 4.88. The molecule has 7 heteroatoms. The van der Waals surface area contributed by atoms with Gasteiger partial charge in [0.15, 0.2) is 0 Å². The van der Waals surface area contributed by atoms with Gasteiger partial charge in [0, 0.05) is 35.5 Å². The van der Waals surface area contributed by atoms with Crippen LogP contribution in [0.2, 0.25) is 0 Å². The van der Waals surface area contributed by atoms with E-state index in [1.807, 2.05) is 6.92 Å². The van der Waals surface area contributed by atoms with Crippen molar-refractivity contribution >= 4 is 26.0 Å². The van der Waals surface area contributed by atoms with E-state index in [4.69, 9.17) is 5.73 Å². The standard InChI is InChI=1S/C12H18BrN3O2S/c1-9(14)12-4-2-3-5-16(12)19(17,18)11-6-10(13)7-15-8-11/h6-9,12H,2-5,14H2,1H3. The number of sulfonamides is 1. The van der Waals surface area contributed by atoms with Crippen LogP contribution in [0.1, 0.15) is 26.2 Å². The van der Waals surface area contributed by atoms with Crippen molar-refractivity contribution in [2.75, 3.05) is 6.54 Å². The zero-order chi connectivity index (χ0) is 14.0. The highest BCUT2D eigenvalue weighted by atomic mass is 79.9. The molecule has 106 valence electrons. The van der Waals surface area contributed by atoms with Crippen molar-refractivity contribution in [3.8, 4) is 0 Å². The molecule has 1 aromatic heterocycles. The number of pyridine rings is 1. The zero-order valence-corrected chi connectivity index (χ0v) is 13.2. The second kappa shape index (κ2) is 5.87. The van der Waals surface area contributed by atoms with E-state index in [1.54, 1.807) is 12.3 Å². The van der Waals surface area contributed by atoms with Crippen molar-refractivity contribution in [3.05, 3.63) is 22.9 Å². The molecule has 2 unspecified atom stereocenters. The minimum atomic E-state index is -3.52. The Morgan fingerprint density at radius 3 is 2.84 bits per heavy atom. The van der Waals surface area contributed by atoms with Crippen molar-refractivity contribution in [2.45, 2.75) is 43.2 Å². The molecule has 2 rings (SSSR count). The lowest BCUT2D eigenvalue weighted by Crippen LogP contribution is -2.51. The number of rotatable bonds is 3. The zero-order valence-electron chi connectivity index (χ0n) is 10.8. The van der Waals surface area contributed by atoms with Gasteiger partial charge in [0.25, 0.3) is 0 Å². The SMILES string of the molecule is CC(N)C1CCCCN1S(=O)(=O)c1cncc(Br)c1. The molecule has 0 bridgehead atoms. The maximum atomic E-state index is 12.7. The van der Waals surface area contributed by atoms with Crippen LogP contribution in [0.3, 0.4) is 0 Å². The first-order valence-corrected chi connectivity index (χ1v) is 8.54. The third-order valence-corrected chi connectivity index (χ3v) is 5.72. The Morgan fingerprint density at radius 1 is 1.47 bits per heavy atom. The first-order valence-electron chi connectivity index (χ1n) is 6.31. The third kappa shape index (κ3) is 3.16. The normalized spacial score (nSPS) is 23.2. The summed E-state index contributed by atoms with van der Waals surface area (Å²) in [6.07, 6.45) is 5.67. The van der Waals surface area contributed by atoms with E-state index in [0.717, 1.165) is 19.3 Å². The number of halogens is 1. The molecule has 0 spiro atoms. The number of nitrogens with two attached hydrogens (primary N) is 1. The molecular formula is C12H18BrN3O2S. The number of aromatic nitrogens is 1. The predicted molar refractivity (Wildman–Crippen MR) is 77.1 cm³/mol. The molecule has 1 fully saturated rings. The lowest BCUT2D eigenvalue weighted by Gasteiger charge is -2.36. The predicted octanol–water partition coefficient (Wildman–Crippen LogP) is 1.73. The highest BCUT2D eigenvalue weighted by Gasteiger charge is 2.35. The van der Waals surface area contributed by atoms with Gasteiger partial charge in [-0.25, -0.2) is 8.42 Å². The van der Waals surface area contributed by atoms with Crippen LogP contribution in [0.25, 0.3) is 0 Å². The summed E-state index contributed by atoms with van der Waals surface area (Å²) in [4.78, 5) is 4.15. The van der Waals surface area contributed by atoms with Crippen LogP contribution >= 0.6 is 15.9 Å². The quantitative estimate of drug-likeness (QED) is 0.903. The molecule has 1 aromatic rings. The van der Waals surface area contributed by atoms with Crippen LogP contribution in [-0.2, 0) is 10.0 Å². The summed E-state index contributed by atoms with van der Waals surface area (Å²) in [6, 6.07) is 1.28. The summed E-state index contributed by atoms with van der Waals surface area (Å²) >= 11 is 3.25. The lowest BCUT2D eigenvalue weighted by atomic mass is 10.00. The van der Waals surface area contributed by atoms with Crippen LogP contribution < -0.4 is 5.73 Å². The fourth-order valence-electron chi connectivity index (χ4n) is 2.42. The van der Waals surface area contributed by atoms with Gasteiger partial charge in [0.2, 0.25) is 10.0 Å². The summed E-state index contributed by atoms with van der Waals surface area (Å²) in [6.45, 7) is 2.39. The summed E-state index contributed by atoms with van der Waals surface area (Å²) in [5.41, 5.74) is 5.93. The van der Waals surface area contributed by atoms with Crippen molar-refractivity contribution in [1.82, 2.24) is 9.29 Å². The van der Waals surface area contributed by atoms with Gasteiger partial charge in [-0.1, -0.05) is 6.42 Å². The van der Waals surface area contributed by atoms with Gasteiger partial charge >= 0.3 is 0 Å². The van der Waals surface area contributed by atoms with Gasteiger partial charge in [0.05, 0.1) is 0 Å². The Hall–Kier alpha value is -0.500. The van der Waals surface area contributed by atoms with Crippen LogP contribution in [-0.4, -0.2) is 36.3 Å². The molecule has 1 saturated heterocycles. The molecule has 19 heavy (non-hydrogen) atoms. The average Bonchev–Trinajstić information content (AvgIpc) is 2.38. The Labute approximate surface area is 122 Å². The summed E-state index contributed by atoms with van der Waals surface area (Å²) in [7, 11) is -3.52. The smallest absolute Gasteiger partial charge is 0.244 e. The summed E-state index contributed by atoms with van der Waals surface area (Å²) in [5, 5.41) is 0. The molecular weight excluding hydrogens is 330 g/mol. The Kier molecular flexibility index (Phi) is 4.60. The number of hydrogen-bond donors (Lipinski definition) is 1. The molecule has 0 aliphatic carbocycles. The monoisotopic (exact) mass is 347 g/mol. The fraction of sp³-hybridized carbons (Fsp3) is 0.583. The van der Waals surface area contributed by atoms with E-state index in [9.17, 15) is 8.42 Å². The molecule has 2 N–H and O–H groups in total. The van der Waals surface area contributed by atoms with Gasteiger partial charge < -0.3 is 5.73 Å². The Morgan fingerprint density at radius 2 is 2.21 bits per heavy atom. The summed E-state index contributed by atoms with van der Waals surface area (Å²) < 4.78 is 27.5. The fourth-order valence-corrected chi connectivity index (χ4v) is 4.70. The maximum absolute atomic E-state index is 12.7. The molecule has 2 atom stereocenters. The number of piperidine rings is 1. The van der Waals surface area contributed by atoms with Crippen LogP contribution in [0, 0.1) is 0 Å². The van der Waals surface area contributed by atoms with Gasteiger partial charge in [-0.3, -0.25) is 4.98 Å². The highest BCUT2D eigenvalue weighted by Crippen LogP contribution is 2.27. The van der Waals surface area contributed by atoms with Crippen molar-refractivity contribution in [1.29, 1.82) is 0 Å². The molecule has 1 aliphatic rings. The Balaban J connectivity index is 2.37. The minimum absolute atomic E-state index is 0.127. The third-order valence-electron chi connectivity index (χ3n) is 3.39. The molecule has 5 nitrogen and oxygen atoms in total. The lowest BCUT2D eigenvalue weighted by molar-refractivity contribution is 0.227. The molecule has 1 aliphatic heterocycles. The van der Waals surface area contributed by atoms with Gasteiger partial charge in [0.1, 0.15) is 4.90 Å². The molecule has 0 radical (unpaired) electrons. The topological polar surface area (TPSA) is 76.3 Å². The minimum Gasteiger partial charge on any atom is -0.326 e. The van der Waals surface area contributed by atoms with E-state index in [-0.39, 0.29) is 17.0 Å². The van der Waals surface area contributed by atoms with E-state index >= 15 is 0 Å². The van der Waals surface area contributed by atoms with E-state index < -0.39 is 10.0 Å². The van der Waals surface area contributed by atoms with Crippen molar-refractivity contribution in [2.24, 2.45) is 5.73 Å². The van der Waals surface area contributed by atoms with Gasteiger partial charge in [-0.15, -0.1) is 0 Å². The first kappa shape index (κ1) is 14.9. The van der Waals surface area contributed by atoms with Crippen LogP contribution in [0.15, 0.2) is 27.8 Å². The van der Waals surface area contributed by atoms with Crippen LogP contribution in [0.5, 0.6) is 0 Å². The van der Waals surface area contributed by atoms with Gasteiger partial charge in [-0.2, -0.15) is 4.31 Å².